The van der Waals surface area contributed by atoms with Gasteiger partial charge >= 0.3 is 5.97 Å². The molecule has 0 saturated heterocycles. The van der Waals surface area contributed by atoms with E-state index in [0.717, 1.165) is 24.0 Å². The third-order valence-electron chi connectivity index (χ3n) is 8.21. The molecule has 3 saturated carbocycles. The zero-order valence-electron chi connectivity index (χ0n) is 20.8. The van der Waals surface area contributed by atoms with Gasteiger partial charge in [0.2, 0.25) is 0 Å². The van der Waals surface area contributed by atoms with Gasteiger partial charge < -0.3 is 14.9 Å². The Kier molecular flexibility index (Phi) is 7.77. The number of aliphatic hydroxyl groups is 2. The van der Waals surface area contributed by atoms with Gasteiger partial charge in [0, 0.05) is 12.8 Å². The fraction of sp³-hybridized carbons (Fsp3) is 0.750. The number of carbonyl (C=O) groups is 1. The Morgan fingerprint density at radius 3 is 2.69 bits per heavy atom. The molecule has 32 heavy (non-hydrogen) atoms. The van der Waals surface area contributed by atoms with Crippen LogP contribution in [0, 0.1) is 23.2 Å². The molecule has 3 rings (SSSR count). The molecule has 6 atom stereocenters. The van der Waals surface area contributed by atoms with Crippen LogP contribution >= 0.6 is 0 Å². The summed E-state index contributed by atoms with van der Waals surface area (Å²) in [4.78, 5) is 12.2. The molecule has 0 amide bonds. The smallest absolute Gasteiger partial charge is 0.306 e. The number of fused-ring (bicyclic) bond motifs is 1. The van der Waals surface area contributed by atoms with Crippen LogP contribution in [0.4, 0.5) is 0 Å². The number of carbonyl (C=O) groups excluding carboxylic acids is 1. The molecule has 4 heteroatoms. The maximum absolute atomic E-state index is 12.2. The number of esters is 1. The van der Waals surface area contributed by atoms with Crippen molar-refractivity contribution < 1.29 is 19.7 Å². The van der Waals surface area contributed by atoms with Crippen molar-refractivity contribution in [3.63, 3.8) is 0 Å². The van der Waals surface area contributed by atoms with E-state index in [1.807, 2.05) is 20.8 Å². The van der Waals surface area contributed by atoms with Gasteiger partial charge in [0.05, 0.1) is 12.2 Å². The number of rotatable bonds is 5. The predicted molar refractivity (Wildman–Crippen MR) is 129 cm³/mol. The van der Waals surface area contributed by atoms with Crippen LogP contribution in [-0.2, 0) is 9.53 Å². The summed E-state index contributed by atoms with van der Waals surface area (Å²) in [5.41, 5.74) is 3.11. The Balaban J connectivity index is 1.68. The summed E-state index contributed by atoms with van der Waals surface area (Å²) in [6.07, 6.45) is 11.6. The largest absolute Gasteiger partial charge is 0.460 e. The van der Waals surface area contributed by atoms with E-state index < -0.39 is 17.8 Å². The van der Waals surface area contributed by atoms with E-state index in [1.165, 1.54) is 31.3 Å². The van der Waals surface area contributed by atoms with Crippen molar-refractivity contribution in [2.75, 3.05) is 0 Å². The molecule has 0 spiro atoms. The summed E-state index contributed by atoms with van der Waals surface area (Å²) in [5.74, 6) is 1.61. The first-order valence-corrected chi connectivity index (χ1v) is 12.6. The van der Waals surface area contributed by atoms with E-state index in [1.54, 1.807) is 0 Å². The highest BCUT2D eigenvalue weighted by molar-refractivity contribution is 5.69. The topological polar surface area (TPSA) is 66.8 Å². The lowest BCUT2D eigenvalue weighted by Crippen LogP contribution is -2.36. The van der Waals surface area contributed by atoms with Crippen molar-refractivity contribution in [3.05, 3.63) is 35.5 Å². The summed E-state index contributed by atoms with van der Waals surface area (Å²) in [6.45, 7) is 14.6. The zero-order chi connectivity index (χ0) is 23.7. The van der Waals surface area contributed by atoms with Gasteiger partial charge in [0.15, 0.2) is 0 Å². The molecule has 2 unspecified atom stereocenters. The van der Waals surface area contributed by atoms with Crippen LogP contribution in [0.3, 0.4) is 0 Å². The van der Waals surface area contributed by atoms with E-state index in [9.17, 15) is 15.0 Å². The maximum atomic E-state index is 12.2. The van der Waals surface area contributed by atoms with Gasteiger partial charge in [0.1, 0.15) is 5.60 Å². The number of allylic oxidation sites excluding steroid dienone is 3. The highest BCUT2D eigenvalue weighted by Crippen LogP contribution is 2.59. The van der Waals surface area contributed by atoms with Crippen LogP contribution < -0.4 is 0 Å². The van der Waals surface area contributed by atoms with Crippen molar-refractivity contribution in [2.24, 2.45) is 23.2 Å². The van der Waals surface area contributed by atoms with Crippen molar-refractivity contribution in [1.29, 1.82) is 0 Å². The Morgan fingerprint density at radius 1 is 1.28 bits per heavy atom. The predicted octanol–water partition coefficient (Wildman–Crippen LogP) is 5.89. The van der Waals surface area contributed by atoms with Crippen LogP contribution in [0.15, 0.2) is 35.5 Å². The van der Waals surface area contributed by atoms with E-state index in [-0.39, 0.29) is 11.4 Å². The molecule has 3 aliphatic rings. The van der Waals surface area contributed by atoms with Crippen LogP contribution in [0.2, 0.25) is 0 Å². The highest BCUT2D eigenvalue weighted by Gasteiger charge is 2.50. The van der Waals surface area contributed by atoms with Crippen LogP contribution in [-0.4, -0.2) is 34.0 Å². The Bertz CT molecular complexity index is 771. The van der Waals surface area contributed by atoms with Crippen molar-refractivity contribution in [2.45, 2.75) is 110 Å². The minimum Gasteiger partial charge on any atom is -0.460 e. The Morgan fingerprint density at radius 2 is 2.00 bits per heavy atom. The standard InChI is InChI=1S/C28H44O4/c1-18(9-14-26(31)32-27(3,4)5)23-12-13-24-20(8-7-15-28(23,24)6)10-11-21-16-22(29)17-25(30)19(21)2/h10-11,18,22-25,29-30H,2,7-9,12-17H2,1,3-6H3/b20-10+,21-11-/t18-,22-,23?,24?,25+,28-/m1/s1. The molecule has 3 fully saturated rings. The van der Waals surface area contributed by atoms with Crippen LogP contribution in [0.1, 0.15) is 92.4 Å². The lowest BCUT2D eigenvalue weighted by atomic mass is 9.60. The van der Waals surface area contributed by atoms with Gasteiger partial charge in [-0.05, 0) is 100 Å². The molecule has 3 aliphatic carbocycles. The molecule has 2 N–H and O–H groups in total. The molecule has 0 aromatic rings. The molecule has 0 bridgehead atoms. The van der Waals surface area contributed by atoms with E-state index in [0.29, 0.717) is 37.0 Å². The van der Waals surface area contributed by atoms with Crippen molar-refractivity contribution in [3.8, 4) is 0 Å². The molecule has 0 radical (unpaired) electrons. The number of hydrogen-bond donors (Lipinski definition) is 2. The summed E-state index contributed by atoms with van der Waals surface area (Å²) in [6, 6.07) is 0. The summed E-state index contributed by atoms with van der Waals surface area (Å²) >= 11 is 0. The number of aliphatic hydroxyl groups excluding tert-OH is 2. The van der Waals surface area contributed by atoms with Crippen molar-refractivity contribution >= 4 is 5.97 Å². The monoisotopic (exact) mass is 444 g/mol. The summed E-state index contributed by atoms with van der Waals surface area (Å²) < 4.78 is 5.52. The van der Waals surface area contributed by atoms with E-state index in [4.69, 9.17) is 4.74 Å². The lowest BCUT2D eigenvalue weighted by molar-refractivity contribution is -0.155. The van der Waals surface area contributed by atoms with E-state index in [2.05, 4.69) is 32.6 Å². The molecule has 4 nitrogen and oxygen atoms in total. The third-order valence-corrected chi connectivity index (χ3v) is 8.21. The second-order valence-corrected chi connectivity index (χ2v) is 11.8. The molecular weight excluding hydrogens is 400 g/mol. The number of hydrogen-bond acceptors (Lipinski definition) is 4. The van der Waals surface area contributed by atoms with Gasteiger partial charge in [-0.25, -0.2) is 0 Å². The van der Waals surface area contributed by atoms with Gasteiger partial charge in [-0.1, -0.05) is 38.2 Å². The average Bonchev–Trinajstić information content (AvgIpc) is 3.04. The van der Waals surface area contributed by atoms with Crippen LogP contribution in [0.25, 0.3) is 0 Å². The first-order chi connectivity index (χ1) is 14.9. The first-order valence-electron chi connectivity index (χ1n) is 12.6. The molecule has 180 valence electrons. The molecule has 0 aromatic heterocycles. The van der Waals surface area contributed by atoms with E-state index >= 15 is 0 Å². The number of ether oxygens (including phenoxy) is 1. The van der Waals surface area contributed by atoms with Gasteiger partial charge in [0.25, 0.3) is 0 Å². The quantitative estimate of drug-likeness (QED) is 0.519. The SMILES string of the molecule is C=C1/C(=C\C=C2/CCC[C@@]3(C)C2CCC3[C@H](C)CCC(=O)OC(C)(C)C)C[C@@H](O)C[C@@H]1O. The molecule has 0 aromatic carbocycles. The molecular formula is C28H44O4. The lowest BCUT2D eigenvalue weighted by Gasteiger charge is -2.44. The van der Waals surface area contributed by atoms with Gasteiger partial charge in [-0.15, -0.1) is 0 Å². The normalized spacial score (nSPS) is 36.9. The third kappa shape index (κ3) is 5.75. The zero-order valence-corrected chi connectivity index (χ0v) is 20.8. The van der Waals surface area contributed by atoms with Gasteiger partial charge in [-0.3, -0.25) is 4.79 Å². The van der Waals surface area contributed by atoms with Gasteiger partial charge in [-0.2, -0.15) is 0 Å². The summed E-state index contributed by atoms with van der Waals surface area (Å²) in [7, 11) is 0. The minimum atomic E-state index is -0.637. The maximum Gasteiger partial charge on any atom is 0.306 e. The first kappa shape index (κ1) is 25.2. The Hall–Kier alpha value is -1.39. The summed E-state index contributed by atoms with van der Waals surface area (Å²) in [5, 5.41) is 20.2. The van der Waals surface area contributed by atoms with Crippen LogP contribution in [0.5, 0.6) is 0 Å². The average molecular weight is 445 g/mol. The Labute approximate surface area is 194 Å². The second kappa shape index (κ2) is 9.85. The molecule has 0 heterocycles. The van der Waals surface area contributed by atoms with Crippen molar-refractivity contribution in [1.82, 2.24) is 0 Å². The second-order valence-electron chi connectivity index (χ2n) is 11.8. The fourth-order valence-electron chi connectivity index (χ4n) is 6.62. The minimum absolute atomic E-state index is 0.0861. The molecule has 0 aliphatic heterocycles. The highest BCUT2D eigenvalue weighted by atomic mass is 16.6. The fourth-order valence-corrected chi connectivity index (χ4v) is 6.62.